The molecule has 2 nitrogen and oxygen atoms in total. The number of rotatable bonds is 3. The van der Waals surface area contributed by atoms with Crippen molar-refractivity contribution in [3.05, 3.63) is 34.6 Å². The van der Waals surface area contributed by atoms with Crippen molar-refractivity contribution in [2.24, 2.45) is 0 Å². The third-order valence-corrected chi connectivity index (χ3v) is 1.90. The molecule has 0 spiro atoms. The van der Waals surface area contributed by atoms with Crippen LogP contribution in [0.4, 0.5) is 4.39 Å². The van der Waals surface area contributed by atoms with Crippen LogP contribution in [0.15, 0.2) is 18.2 Å². The van der Waals surface area contributed by atoms with Gasteiger partial charge in [0, 0.05) is 0 Å². The Morgan fingerprint density at radius 1 is 1.57 bits per heavy atom. The molecule has 76 valence electrons. The highest BCUT2D eigenvalue weighted by atomic mass is 35.5. The highest BCUT2D eigenvalue weighted by Gasteiger charge is 2.09. The van der Waals surface area contributed by atoms with Crippen LogP contribution >= 0.6 is 11.6 Å². The van der Waals surface area contributed by atoms with Crippen LogP contribution in [-0.2, 0) is 4.74 Å². The molecule has 0 atom stereocenters. The number of ether oxygens (including phenoxy) is 1. The molecule has 14 heavy (non-hydrogen) atoms. The molecule has 0 bridgehead atoms. The molecule has 0 N–H and O–H groups in total. The van der Waals surface area contributed by atoms with Crippen LogP contribution in [0.25, 0.3) is 0 Å². The van der Waals surface area contributed by atoms with Crippen LogP contribution < -0.4 is 0 Å². The van der Waals surface area contributed by atoms with E-state index in [0.717, 1.165) is 12.5 Å². The summed E-state index contributed by atoms with van der Waals surface area (Å²) in [7, 11) is 0. The Balaban J connectivity index is 2.76. The van der Waals surface area contributed by atoms with Gasteiger partial charge in [0.05, 0.1) is 17.2 Å². The summed E-state index contributed by atoms with van der Waals surface area (Å²) in [5.74, 6) is -1.14. The SMILES string of the molecule is CCCOC(=O)c1ccc(Cl)c(F)c1. The molecule has 0 radical (unpaired) electrons. The van der Waals surface area contributed by atoms with Gasteiger partial charge >= 0.3 is 5.97 Å². The molecule has 1 aromatic carbocycles. The summed E-state index contributed by atoms with van der Waals surface area (Å²) >= 11 is 5.46. The predicted molar refractivity (Wildman–Crippen MR) is 52.0 cm³/mol. The monoisotopic (exact) mass is 216 g/mol. The van der Waals surface area contributed by atoms with Crippen molar-refractivity contribution >= 4 is 17.6 Å². The summed E-state index contributed by atoms with van der Waals surface area (Å²) in [6, 6.07) is 3.84. The largest absolute Gasteiger partial charge is 0.462 e. The molecule has 0 unspecified atom stereocenters. The minimum atomic E-state index is -0.613. The van der Waals surface area contributed by atoms with E-state index in [1.165, 1.54) is 12.1 Å². The average molecular weight is 217 g/mol. The van der Waals surface area contributed by atoms with E-state index in [1.807, 2.05) is 6.92 Å². The van der Waals surface area contributed by atoms with E-state index in [-0.39, 0.29) is 10.6 Å². The highest BCUT2D eigenvalue weighted by Crippen LogP contribution is 2.16. The topological polar surface area (TPSA) is 26.3 Å². The zero-order valence-electron chi connectivity index (χ0n) is 7.72. The quantitative estimate of drug-likeness (QED) is 0.726. The van der Waals surface area contributed by atoms with Crippen LogP contribution in [0.1, 0.15) is 23.7 Å². The number of benzene rings is 1. The predicted octanol–water partition coefficient (Wildman–Crippen LogP) is 3.05. The van der Waals surface area contributed by atoms with Crippen molar-refractivity contribution in [1.29, 1.82) is 0 Å². The van der Waals surface area contributed by atoms with Gasteiger partial charge in [-0.25, -0.2) is 9.18 Å². The highest BCUT2D eigenvalue weighted by molar-refractivity contribution is 6.30. The zero-order chi connectivity index (χ0) is 10.6. The molecule has 4 heteroatoms. The third kappa shape index (κ3) is 2.70. The fourth-order valence-corrected chi connectivity index (χ4v) is 1.02. The van der Waals surface area contributed by atoms with Crippen molar-refractivity contribution in [3.63, 3.8) is 0 Å². The van der Waals surface area contributed by atoms with Gasteiger partial charge in [0.25, 0.3) is 0 Å². The first-order valence-corrected chi connectivity index (χ1v) is 4.65. The Kier molecular flexibility index (Phi) is 3.89. The number of esters is 1. The standard InChI is InChI=1S/C10H10ClFO2/c1-2-5-14-10(13)7-3-4-8(11)9(12)6-7/h3-4,6H,2,5H2,1H3. The number of hydrogen-bond acceptors (Lipinski definition) is 2. The van der Waals surface area contributed by atoms with E-state index in [2.05, 4.69) is 0 Å². The second-order valence-corrected chi connectivity index (χ2v) is 3.17. The number of hydrogen-bond donors (Lipinski definition) is 0. The minimum Gasteiger partial charge on any atom is -0.462 e. The lowest BCUT2D eigenvalue weighted by atomic mass is 10.2. The lowest BCUT2D eigenvalue weighted by Gasteiger charge is -2.03. The third-order valence-electron chi connectivity index (χ3n) is 1.59. The summed E-state index contributed by atoms with van der Waals surface area (Å²) in [6.07, 6.45) is 0.738. The summed E-state index contributed by atoms with van der Waals surface area (Å²) in [5.41, 5.74) is 0.181. The summed E-state index contributed by atoms with van der Waals surface area (Å²) < 4.78 is 17.7. The summed E-state index contributed by atoms with van der Waals surface area (Å²) in [4.78, 5) is 11.2. The van der Waals surface area contributed by atoms with Gasteiger partial charge in [0.15, 0.2) is 0 Å². The van der Waals surface area contributed by atoms with Gasteiger partial charge in [-0.1, -0.05) is 18.5 Å². The van der Waals surface area contributed by atoms with Gasteiger partial charge < -0.3 is 4.74 Å². The molecule has 0 saturated carbocycles. The molecule has 0 aromatic heterocycles. The Hall–Kier alpha value is -1.09. The van der Waals surface area contributed by atoms with Gasteiger partial charge in [-0.05, 0) is 24.6 Å². The van der Waals surface area contributed by atoms with E-state index in [9.17, 15) is 9.18 Å². The molecular formula is C10H10ClFO2. The lowest BCUT2D eigenvalue weighted by molar-refractivity contribution is 0.0504. The van der Waals surface area contributed by atoms with Gasteiger partial charge in [-0.15, -0.1) is 0 Å². The van der Waals surface area contributed by atoms with Crippen molar-refractivity contribution in [2.45, 2.75) is 13.3 Å². The average Bonchev–Trinajstić information content (AvgIpc) is 2.18. The maximum absolute atomic E-state index is 12.9. The molecule has 1 rings (SSSR count). The molecule has 0 saturated heterocycles. The minimum absolute atomic E-state index is 0.00274. The maximum atomic E-state index is 12.9. The molecule has 0 fully saturated rings. The Labute approximate surface area is 86.6 Å². The maximum Gasteiger partial charge on any atom is 0.338 e. The second-order valence-electron chi connectivity index (χ2n) is 2.76. The van der Waals surface area contributed by atoms with Gasteiger partial charge in [-0.3, -0.25) is 0 Å². The van der Waals surface area contributed by atoms with Crippen LogP contribution in [-0.4, -0.2) is 12.6 Å². The molecule has 0 aliphatic carbocycles. The van der Waals surface area contributed by atoms with E-state index in [4.69, 9.17) is 16.3 Å². The normalized spacial score (nSPS) is 9.93. The van der Waals surface area contributed by atoms with Crippen molar-refractivity contribution < 1.29 is 13.9 Å². The van der Waals surface area contributed by atoms with E-state index >= 15 is 0 Å². The van der Waals surface area contributed by atoms with Crippen molar-refractivity contribution in [2.75, 3.05) is 6.61 Å². The smallest absolute Gasteiger partial charge is 0.338 e. The fourth-order valence-electron chi connectivity index (χ4n) is 0.901. The molecule has 0 aliphatic rings. The van der Waals surface area contributed by atoms with E-state index in [0.29, 0.717) is 6.61 Å². The first-order chi connectivity index (χ1) is 6.65. The molecule has 0 amide bonds. The first-order valence-electron chi connectivity index (χ1n) is 4.27. The van der Waals surface area contributed by atoms with E-state index < -0.39 is 11.8 Å². The van der Waals surface area contributed by atoms with E-state index in [1.54, 1.807) is 0 Å². The van der Waals surface area contributed by atoms with Gasteiger partial charge in [0.2, 0.25) is 0 Å². The summed E-state index contributed by atoms with van der Waals surface area (Å²) in [6.45, 7) is 2.22. The summed E-state index contributed by atoms with van der Waals surface area (Å²) in [5, 5.41) is -0.00274. The van der Waals surface area contributed by atoms with Crippen LogP contribution in [0, 0.1) is 5.82 Å². The number of carbonyl (C=O) groups excluding carboxylic acids is 1. The van der Waals surface area contributed by atoms with Gasteiger partial charge in [0.1, 0.15) is 5.82 Å². The molecule has 0 aliphatic heterocycles. The molecule has 0 heterocycles. The van der Waals surface area contributed by atoms with Gasteiger partial charge in [-0.2, -0.15) is 0 Å². The van der Waals surface area contributed by atoms with Crippen LogP contribution in [0.2, 0.25) is 5.02 Å². The Morgan fingerprint density at radius 3 is 2.86 bits per heavy atom. The Morgan fingerprint density at radius 2 is 2.29 bits per heavy atom. The van der Waals surface area contributed by atoms with Crippen LogP contribution in [0.5, 0.6) is 0 Å². The van der Waals surface area contributed by atoms with Crippen molar-refractivity contribution in [3.8, 4) is 0 Å². The van der Waals surface area contributed by atoms with Crippen LogP contribution in [0.3, 0.4) is 0 Å². The molecular weight excluding hydrogens is 207 g/mol. The second kappa shape index (κ2) is 4.96. The fraction of sp³-hybridized carbons (Fsp3) is 0.300. The number of carbonyl (C=O) groups is 1. The molecule has 1 aromatic rings. The number of halogens is 2. The van der Waals surface area contributed by atoms with Crippen molar-refractivity contribution in [1.82, 2.24) is 0 Å². The first kappa shape index (κ1) is 11.0. The lowest BCUT2D eigenvalue weighted by Crippen LogP contribution is -2.06. The zero-order valence-corrected chi connectivity index (χ0v) is 8.47. The Bertz CT molecular complexity index is 339.